The molecule has 0 bridgehead atoms. The molecular formula is C10H14ClN3O2. The molecule has 1 aromatic heterocycles. The largest absolute Gasteiger partial charge is 0.384 e. The molecule has 0 aromatic carbocycles. The van der Waals surface area contributed by atoms with Crippen molar-refractivity contribution in [1.29, 1.82) is 0 Å². The molecule has 1 heterocycles. The van der Waals surface area contributed by atoms with Crippen LogP contribution in [0.25, 0.3) is 0 Å². The average molecular weight is 244 g/mol. The maximum atomic E-state index is 11.6. The Morgan fingerprint density at radius 1 is 1.62 bits per heavy atom. The summed E-state index contributed by atoms with van der Waals surface area (Å²) in [7, 11) is 0. The summed E-state index contributed by atoms with van der Waals surface area (Å²) in [5.74, 6) is -0.0867. The number of rotatable bonds is 5. The van der Waals surface area contributed by atoms with Gasteiger partial charge >= 0.3 is 0 Å². The Morgan fingerprint density at radius 3 is 3.06 bits per heavy atom. The van der Waals surface area contributed by atoms with Crippen LogP contribution < -0.4 is 11.1 Å². The lowest BCUT2D eigenvalue weighted by Gasteiger charge is -2.06. The van der Waals surface area contributed by atoms with Crippen molar-refractivity contribution in [1.82, 2.24) is 10.3 Å². The van der Waals surface area contributed by atoms with Gasteiger partial charge in [-0.2, -0.15) is 0 Å². The van der Waals surface area contributed by atoms with Gasteiger partial charge in [0.15, 0.2) is 0 Å². The van der Waals surface area contributed by atoms with Crippen LogP contribution in [0.5, 0.6) is 0 Å². The summed E-state index contributed by atoms with van der Waals surface area (Å²) < 4.78 is 5.08. The first-order chi connectivity index (χ1) is 7.65. The Labute approximate surface area is 98.9 Å². The lowest BCUT2D eigenvalue weighted by molar-refractivity contribution is 0.0918. The van der Waals surface area contributed by atoms with E-state index in [2.05, 4.69) is 10.3 Å². The van der Waals surface area contributed by atoms with Crippen molar-refractivity contribution in [3.8, 4) is 0 Å². The number of ether oxygens (including phenoxy) is 1. The maximum Gasteiger partial charge on any atom is 0.271 e. The third-order valence-electron chi connectivity index (χ3n) is 1.82. The minimum absolute atomic E-state index is 0.137. The summed E-state index contributed by atoms with van der Waals surface area (Å²) >= 11 is 5.82. The summed E-state index contributed by atoms with van der Waals surface area (Å²) in [4.78, 5) is 15.5. The van der Waals surface area contributed by atoms with Crippen LogP contribution in [0, 0.1) is 0 Å². The molecule has 3 N–H and O–H groups in total. The number of nitrogens with zero attached hydrogens (tertiary/aromatic N) is 1. The van der Waals surface area contributed by atoms with E-state index in [1.165, 1.54) is 0 Å². The van der Waals surface area contributed by atoms with Gasteiger partial charge in [0, 0.05) is 13.2 Å². The summed E-state index contributed by atoms with van der Waals surface area (Å²) in [6, 6.07) is 3.08. The topological polar surface area (TPSA) is 77.2 Å². The van der Waals surface area contributed by atoms with Gasteiger partial charge in [0.05, 0.1) is 11.6 Å². The third kappa shape index (κ3) is 3.67. The highest BCUT2D eigenvalue weighted by molar-refractivity contribution is 6.33. The molecule has 88 valence electrons. The normalized spacial score (nSPS) is 10.1. The molecule has 0 unspecified atom stereocenters. The number of aromatic nitrogens is 1. The second-order valence-corrected chi connectivity index (χ2v) is 3.43. The van der Waals surface area contributed by atoms with E-state index in [1.54, 1.807) is 12.1 Å². The summed E-state index contributed by atoms with van der Waals surface area (Å²) in [5, 5.41) is 2.92. The first-order valence-electron chi connectivity index (χ1n) is 4.93. The van der Waals surface area contributed by atoms with Crippen molar-refractivity contribution in [2.75, 3.05) is 25.5 Å². The molecule has 1 aromatic rings. The van der Waals surface area contributed by atoms with E-state index >= 15 is 0 Å². The van der Waals surface area contributed by atoms with Crippen molar-refractivity contribution in [3.05, 3.63) is 22.8 Å². The number of carbonyl (C=O) groups excluding carboxylic acids is 1. The second kappa shape index (κ2) is 6.30. The highest BCUT2D eigenvalue weighted by atomic mass is 35.5. The van der Waals surface area contributed by atoms with Crippen LogP contribution in [0.4, 0.5) is 5.82 Å². The Hall–Kier alpha value is -1.33. The van der Waals surface area contributed by atoms with E-state index in [-0.39, 0.29) is 22.4 Å². The lowest BCUT2D eigenvalue weighted by atomic mass is 10.3. The average Bonchev–Trinajstić information content (AvgIpc) is 2.27. The number of nitrogens with one attached hydrogen (secondary N) is 1. The standard InChI is InChI=1S/C10H14ClN3O2/c1-2-16-6-5-13-10(15)9-7(11)3-4-8(12)14-9/h3-4H,2,5-6H2,1H3,(H2,12,14)(H,13,15). The number of halogens is 1. The zero-order valence-electron chi connectivity index (χ0n) is 9.00. The predicted octanol–water partition coefficient (Wildman–Crippen LogP) is 1.08. The molecule has 0 saturated carbocycles. The highest BCUT2D eigenvalue weighted by Gasteiger charge is 2.11. The fraction of sp³-hybridized carbons (Fsp3) is 0.400. The molecule has 1 rings (SSSR count). The summed E-state index contributed by atoms with van der Waals surface area (Å²) in [6.45, 7) is 3.38. The Kier molecular flexibility index (Phi) is 5.01. The SMILES string of the molecule is CCOCCNC(=O)c1nc(N)ccc1Cl. The van der Waals surface area contributed by atoms with Gasteiger partial charge in [-0.15, -0.1) is 0 Å². The first-order valence-corrected chi connectivity index (χ1v) is 5.31. The molecule has 0 aliphatic heterocycles. The molecule has 0 aliphatic rings. The highest BCUT2D eigenvalue weighted by Crippen LogP contribution is 2.14. The predicted molar refractivity (Wildman–Crippen MR) is 62.5 cm³/mol. The maximum absolute atomic E-state index is 11.6. The number of nitrogens with two attached hydrogens (primary N) is 1. The number of hydrogen-bond acceptors (Lipinski definition) is 4. The van der Waals surface area contributed by atoms with Crippen molar-refractivity contribution < 1.29 is 9.53 Å². The van der Waals surface area contributed by atoms with Gasteiger partial charge in [0.1, 0.15) is 11.5 Å². The van der Waals surface area contributed by atoms with E-state index in [0.29, 0.717) is 19.8 Å². The number of hydrogen-bond donors (Lipinski definition) is 2. The van der Waals surface area contributed by atoms with Gasteiger partial charge in [-0.05, 0) is 19.1 Å². The van der Waals surface area contributed by atoms with Crippen LogP contribution in [0.1, 0.15) is 17.4 Å². The molecule has 0 radical (unpaired) electrons. The number of anilines is 1. The minimum Gasteiger partial charge on any atom is -0.384 e. The van der Waals surface area contributed by atoms with Crippen molar-refractivity contribution in [2.24, 2.45) is 0 Å². The number of pyridine rings is 1. The molecular weight excluding hydrogens is 230 g/mol. The summed E-state index contributed by atoms with van der Waals surface area (Å²) in [5.41, 5.74) is 5.60. The molecule has 0 aliphatic carbocycles. The molecule has 16 heavy (non-hydrogen) atoms. The molecule has 0 atom stereocenters. The van der Waals surface area contributed by atoms with E-state index in [1.807, 2.05) is 6.92 Å². The molecule has 1 amide bonds. The van der Waals surface area contributed by atoms with Gasteiger partial charge in [-0.25, -0.2) is 4.98 Å². The fourth-order valence-electron chi connectivity index (χ4n) is 1.08. The van der Waals surface area contributed by atoms with Gasteiger partial charge in [-0.1, -0.05) is 11.6 Å². The smallest absolute Gasteiger partial charge is 0.271 e. The van der Waals surface area contributed by atoms with Gasteiger partial charge in [0.2, 0.25) is 0 Å². The zero-order valence-corrected chi connectivity index (χ0v) is 9.75. The van der Waals surface area contributed by atoms with Crippen LogP contribution in [-0.2, 0) is 4.74 Å². The molecule has 6 heteroatoms. The number of amides is 1. The molecule has 0 spiro atoms. The van der Waals surface area contributed by atoms with Gasteiger partial charge in [-0.3, -0.25) is 4.79 Å². The molecule has 0 fully saturated rings. The van der Waals surface area contributed by atoms with Crippen molar-refractivity contribution in [3.63, 3.8) is 0 Å². The van der Waals surface area contributed by atoms with E-state index in [9.17, 15) is 4.79 Å². The number of nitrogen functional groups attached to an aromatic ring is 1. The fourth-order valence-corrected chi connectivity index (χ4v) is 1.27. The Bertz CT molecular complexity index is 371. The van der Waals surface area contributed by atoms with E-state index in [4.69, 9.17) is 22.1 Å². The second-order valence-electron chi connectivity index (χ2n) is 3.02. The van der Waals surface area contributed by atoms with Crippen molar-refractivity contribution >= 4 is 23.3 Å². The lowest BCUT2D eigenvalue weighted by Crippen LogP contribution is -2.28. The van der Waals surface area contributed by atoms with E-state index < -0.39 is 0 Å². The number of carbonyl (C=O) groups is 1. The molecule has 5 nitrogen and oxygen atoms in total. The van der Waals surface area contributed by atoms with Crippen LogP contribution in [-0.4, -0.2) is 30.6 Å². The zero-order chi connectivity index (χ0) is 12.0. The van der Waals surface area contributed by atoms with Crippen LogP contribution in [0.2, 0.25) is 5.02 Å². The monoisotopic (exact) mass is 243 g/mol. The minimum atomic E-state index is -0.350. The van der Waals surface area contributed by atoms with Crippen LogP contribution in [0.15, 0.2) is 12.1 Å². The third-order valence-corrected chi connectivity index (χ3v) is 2.12. The van der Waals surface area contributed by atoms with E-state index in [0.717, 1.165) is 0 Å². The van der Waals surface area contributed by atoms with Crippen LogP contribution >= 0.6 is 11.6 Å². The Balaban J connectivity index is 2.55. The Morgan fingerprint density at radius 2 is 2.38 bits per heavy atom. The van der Waals surface area contributed by atoms with Crippen molar-refractivity contribution in [2.45, 2.75) is 6.92 Å². The van der Waals surface area contributed by atoms with Gasteiger partial charge < -0.3 is 15.8 Å². The summed E-state index contributed by atoms with van der Waals surface area (Å²) in [6.07, 6.45) is 0. The first kappa shape index (κ1) is 12.7. The quantitative estimate of drug-likeness (QED) is 0.759. The van der Waals surface area contributed by atoms with Crippen LogP contribution in [0.3, 0.4) is 0 Å². The van der Waals surface area contributed by atoms with Gasteiger partial charge in [0.25, 0.3) is 5.91 Å². The molecule has 0 saturated heterocycles.